The predicted octanol–water partition coefficient (Wildman–Crippen LogP) is 3.70. The summed E-state index contributed by atoms with van der Waals surface area (Å²) in [4.78, 5) is 24.2. The lowest BCUT2D eigenvalue weighted by molar-refractivity contribution is -0.116. The fourth-order valence-electron chi connectivity index (χ4n) is 2.79. The second-order valence-electron chi connectivity index (χ2n) is 6.25. The van der Waals surface area contributed by atoms with Crippen molar-refractivity contribution in [2.75, 3.05) is 13.7 Å². The predicted molar refractivity (Wildman–Crippen MR) is 103 cm³/mol. The maximum absolute atomic E-state index is 12.1. The van der Waals surface area contributed by atoms with E-state index in [4.69, 9.17) is 4.74 Å². The van der Waals surface area contributed by atoms with Crippen LogP contribution in [0.4, 0.5) is 0 Å². The number of rotatable bonds is 6. The third kappa shape index (κ3) is 4.09. The molecule has 1 amide bonds. The number of hydrogen-bond donors (Lipinski definition) is 1. The number of ether oxygens (including phenoxy) is 1. The first-order valence-corrected chi connectivity index (χ1v) is 8.53. The van der Waals surface area contributed by atoms with Gasteiger partial charge in [0.25, 0.3) is 5.91 Å². The Morgan fingerprint density at radius 3 is 2.38 bits per heavy atom. The van der Waals surface area contributed by atoms with E-state index in [0.717, 1.165) is 27.6 Å². The molecular formula is C22H21NO3. The lowest BCUT2D eigenvalue weighted by Crippen LogP contribution is -2.32. The van der Waals surface area contributed by atoms with Gasteiger partial charge in [-0.2, -0.15) is 0 Å². The third-order valence-corrected chi connectivity index (χ3v) is 4.33. The molecule has 0 saturated carbocycles. The van der Waals surface area contributed by atoms with Crippen LogP contribution in [0.5, 0.6) is 5.75 Å². The summed E-state index contributed by atoms with van der Waals surface area (Å²) >= 11 is 0. The zero-order valence-corrected chi connectivity index (χ0v) is 14.9. The van der Waals surface area contributed by atoms with Gasteiger partial charge in [0, 0.05) is 12.1 Å². The number of aryl methyl sites for hydroxylation is 1. The van der Waals surface area contributed by atoms with E-state index in [1.807, 2.05) is 49.4 Å². The summed E-state index contributed by atoms with van der Waals surface area (Å²) < 4.78 is 5.26. The highest BCUT2D eigenvalue weighted by Gasteiger charge is 2.15. The van der Waals surface area contributed by atoms with E-state index in [-0.39, 0.29) is 0 Å². The molecule has 0 unspecified atom stereocenters. The van der Waals surface area contributed by atoms with E-state index in [1.54, 1.807) is 19.2 Å². The third-order valence-electron chi connectivity index (χ3n) is 4.33. The van der Waals surface area contributed by atoms with Crippen molar-refractivity contribution in [3.05, 3.63) is 77.4 Å². The number of amides is 1. The molecule has 3 aromatic carbocycles. The highest BCUT2D eigenvalue weighted by molar-refractivity contribution is 6.42. The van der Waals surface area contributed by atoms with Crippen molar-refractivity contribution in [1.29, 1.82) is 0 Å². The summed E-state index contributed by atoms with van der Waals surface area (Å²) in [6.45, 7) is 2.35. The molecule has 0 atom stereocenters. The fraction of sp³-hybridized carbons (Fsp3) is 0.182. The molecule has 1 N–H and O–H groups in total. The van der Waals surface area contributed by atoms with Crippen LogP contribution in [0, 0.1) is 6.92 Å². The van der Waals surface area contributed by atoms with Crippen LogP contribution >= 0.6 is 0 Å². The van der Waals surface area contributed by atoms with Crippen molar-refractivity contribution in [3.8, 4) is 5.75 Å². The molecule has 3 aromatic rings. The Morgan fingerprint density at radius 1 is 0.923 bits per heavy atom. The highest BCUT2D eigenvalue weighted by Crippen LogP contribution is 2.22. The Balaban J connectivity index is 1.60. The molecule has 132 valence electrons. The molecular weight excluding hydrogens is 326 g/mol. The zero-order chi connectivity index (χ0) is 18.5. The lowest BCUT2D eigenvalue weighted by Gasteiger charge is -2.07. The molecule has 4 heteroatoms. The van der Waals surface area contributed by atoms with Crippen molar-refractivity contribution in [1.82, 2.24) is 5.32 Å². The molecule has 0 fully saturated rings. The molecule has 26 heavy (non-hydrogen) atoms. The van der Waals surface area contributed by atoms with E-state index < -0.39 is 11.7 Å². The number of fused-ring (bicyclic) bond motifs is 1. The number of Topliss-reactive ketones (excluding diaryl/α,β-unsaturated/α-hetero) is 1. The van der Waals surface area contributed by atoms with E-state index in [1.165, 1.54) is 0 Å². The molecule has 0 bridgehead atoms. The van der Waals surface area contributed by atoms with E-state index in [0.29, 0.717) is 18.5 Å². The van der Waals surface area contributed by atoms with Crippen molar-refractivity contribution >= 4 is 22.5 Å². The van der Waals surface area contributed by atoms with Crippen LogP contribution in [0.3, 0.4) is 0 Å². The van der Waals surface area contributed by atoms with Crippen LogP contribution in [0.25, 0.3) is 10.8 Å². The van der Waals surface area contributed by atoms with Crippen molar-refractivity contribution in [2.24, 2.45) is 0 Å². The number of nitrogens with one attached hydrogen (secondary N) is 1. The topological polar surface area (TPSA) is 55.4 Å². The Hall–Kier alpha value is -3.14. The molecule has 0 aliphatic rings. The van der Waals surface area contributed by atoms with Gasteiger partial charge in [-0.05, 0) is 41.8 Å². The first-order chi connectivity index (χ1) is 12.6. The van der Waals surface area contributed by atoms with E-state index in [9.17, 15) is 9.59 Å². The molecule has 4 nitrogen and oxygen atoms in total. The Bertz CT molecular complexity index is 945. The number of benzene rings is 3. The second-order valence-corrected chi connectivity index (χ2v) is 6.25. The number of carbonyl (C=O) groups is 2. The van der Waals surface area contributed by atoms with Crippen LogP contribution in [-0.4, -0.2) is 25.3 Å². The van der Waals surface area contributed by atoms with Crippen molar-refractivity contribution in [2.45, 2.75) is 13.3 Å². The van der Waals surface area contributed by atoms with Gasteiger partial charge in [0.15, 0.2) is 0 Å². The molecule has 0 aromatic heterocycles. The van der Waals surface area contributed by atoms with Crippen LogP contribution < -0.4 is 10.1 Å². The van der Waals surface area contributed by atoms with Gasteiger partial charge in [0.05, 0.1) is 7.11 Å². The summed E-state index contributed by atoms with van der Waals surface area (Å²) in [6.07, 6.45) is 0.653. The number of hydrogen-bond acceptors (Lipinski definition) is 3. The average molecular weight is 347 g/mol. The van der Waals surface area contributed by atoms with Gasteiger partial charge in [-0.15, -0.1) is 0 Å². The molecule has 0 spiro atoms. The fourth-order valence-corrected chi connectivity index (χ4v) is 2.79. The minimum atomic E-state index is -0.573. The minimum Gasteiger partial charge on any atom is -0.497 e. The maximum Gasteiger partial charge on any atom is 0.292 e. The minimum absolute atomic E-state index is 0.408. The van der Waals surface area contributed by atoms with Crippen molar-refractivity contribution < 1.29 is 14.3 Å². The molecule has 0 saturated heterocycles. The average Bonchev–Trinajstić information content (AvgIpc) is 2.67. The molecule has 0 aliphatic heterocycles. The summed E-state index contributed by atoms with van der Waals surface area (Å²) in [5.41, 5.74) is 2.55. The van der Waals surface area contributed by atoms with Gasteiger partial charge in [-0.25, -0.2) is 0 Å². The van der Waals surface area contributed by atoms with Gasteiger partial charge < -0.3 is 10.1 Å². The first-order valence-electron chi connectivity index (χ1n) is 8.53. The van der Waals surface area contributed by atoms with Crippen molar-refractivity contribution in [3.63, 3.8) is 0 Å². The SMILES string of the molecule is COc1ccc2ccc(CCNC(=O)C(=O)c3ccc(C)cc3)cc2c1. The van der Waals surface area contributed by atoms with Gasteiger partial charge in [0.2, 0.25) is 5.78 Å². The zero-order valence-electron chi connectivity index (χ0n) is 14.9. The number of carbonyl (C=O) groups excluding carboxylic acids is 2. The van der Waals surface area contributed by atoms with Gasteiger partial charge in [-0.1, -0.05) is 54.1 Å². The Morgan fingerprint density at radius 2 is 1.65 bits per heavy atom. The lowest BCUT2D eigenvalue weighted by atomic mass is 10.0. The van der Waals surface area contributed by atoms with Crippen LogP contribution in [0.1, 0.15) is 21.5 Å². The maximum atomic E-state index is 12.1. The van der Waals surface area contributed by atoms with Crippen LogP contribution in [0.2, 0.25) is 0 Å². The van der Waals surface area contributed by atoms with Crippen LogP contribution in [0.15, 0.2) is 60.7 Å². The smallest absolute Gasteiger partial charge is 0.292 e. The largest absolute Gasteiger partial charge is 0.497 e. The molecule has 0 radical (unpaired) electrons. The monoisotopic (exact) mass is 347 g/mol. The second kappa shape index (κ2) is 7.83. The van der Waals surface area contributed by atoms with Crippen LogP contribution in [-0.2, 0) is 11.2 Å². The van der Waals surface area contributed by atoms with Gasteiger partial charge in [0.1, 0.15) is 5.75 Å². The first kappa shape index (κ1) is 17.7. The highest BCUT2D eigenvalue weighted by atomic mass is 16.5. The summed E-state index contributed by atoms with van der Waals surface area (Å²) in [6, 6.07) is 19.1. The van der Waals surface area contributed by atoms with Gasteiger partial charge >= 0.3 is 0 Å². The van der Waals surface area contributed by atoms with Gasteiger partial charge in [-0.3, -0.25) is 9.59 Å². The summed E-state index contributed by atoms with van der Waals surface area (Å²) in [5.74, 6) is -0.267. The summed E-state index contributed by atoms with van der Waals surface area (Å²) in [5, 5.41) is 4.92. The molecule has 0 aliphatic carbocycles. The number of methoxy groups -OCH3 is 1. The van der Waals surface area contributed by atoms with E-state index in [2.05, 4.69) is 11.4 Å². The summed E-state index contributed by atoms with van der Waals surface area (Å²) in [7, 11) is 1.64. The molecule has 0 heterocycles. The standard InChI is InChI=1S/C22H21NO3/c1-15-3-6-18(7-4-15)21(24)22(25)23-12-11-16-5-8-17-9-10-20(26-2)14-19(17)13-16/h3-10,13-14H,11-12H2,1-2H3,(H,23,25). The Kier molecular flexibility index (Phi) is 5.32. The molecule has 3 rings (SSSR count). The quantitative estimate of drug-likeness (QED) is 0.546. The van der Waals surface area contributed by atoms with E-state index >= 15 is 0 Å². The number of ketones is 1. The normalized spacial score (nSPS) is 10.5. The Labute approximate surface area is 152 Å².